The molecule has 1 N–H and O–H groups in total. The van der Waals surface area contributed by atoms with E-state index in [0.29, 0.717) is 11.4 Å². The van der Waals surface area contributed by atoms with E-state index in [9.17, 15) is 4.39 Å². The lowest BCUT2D eigenvalue weighted by molar-refractivity contribution is 0.603. The van der Waals surface area contributed by atoms with Crippen molar-refractivity contribution in [2.75, 3.05) is 18.1 Å². The Labute approximate surface area is 82.0 Å². The van der Waals surface area contributed by atoms with E-state index < -0.39 is 0 Å². The van der Waals surface area contributed by atoms with Gasteiger partial charge in [0.25, 0.3) is 0 Å². The van der Waals surface area contributed by atoms with Gasteiger partial charge in [-0.3, -0.25) is 0 Å². The third-order valence-corrected chi connectivity index (χ3v) is 2.37. The molecule has 1 nitrogen and oxygen atoms in total. The highest BCUT2D eigenvalue weighted by Gasteiger charge is 2.00. The summed E-state index contributed by atoms with van der Waals surface area (Å²) in [6, 6.07) is 5.12. The fraction of sp³-hybridized carbons (Fsp3) is 0.200. The minimum Gasteiger partial charge on any atom is -0.381 e. The summed E-state index contributed by atoms with van der Waals surface area (Å²) in [6.07, 6.45) is 3.59. The first-order chi connectivity index (χ1) is 6.27. The molecule has 0 aliphatic rings. The van der Waals surface area contributed by atoms with Crippen molar-refractivity contribution in [3.05, 3.63) is 36.7 Å². The van der Waals surface area contributed by atoms with Gasteiger partial charge in [-0.1, -0.05) is 6.08 Å². The van der Waals surface area contributed by atoms with Gasteiger partial charge in [-0.2, -0.15) is 0 Å². The number of hydrogen-bond donors (Lipinski definition) is 1. The van der Waals surface area contributed by atoms with E-state index in [1.807, 2.05) is 12.3 Å². The van der Waals surface area contributed by atoms with Crippen LogP contribution in [0.3, 0.4) is 0 Å². The third kappa shape index (κ3) is 2.77. The Bertz CT molecular complexity index is 299. The van der Waals surface area contributed by atoms with E-state index in [1.54, 1.807) is 12.1 Å². The van der Waals surface area contributed by atoms with E-state index in [4.69, 9.17) is 0 Å². The SMILES string of the molecule is C=CCNc1ccc(SC)c(F)c1. The van der Waals surface area contributed by atoms with Crippen molar-refractivity contribution in [3.63, 3.8) is 0 Å². The van der Waals surface area contributed by atoms with Crippen molar-refractivity contribution in [2.24, 2.45) is 0 Å². The Hall–Kier alpha value is -0.960. The molecule has 0 aliphatic heterocycles. The van der Waals surface area contributed by atoms with E-state index in [1.165, 1.54) is 17.8 Å². The first kappa shape index (κ1) is 10.1. The van der Waals surface area contributed by atoms with Crippen LogP contribution < -0.4 is 5.32 Å². The molecule has 0 bridgehead atoms. The normalized spacial score (nSPS) is 9.69. The van der Waals surface area contributed by atoms with Gasteiger partial charge in [0.2, 0.25) is 0 Å². The Morgan fingerprint density at radius 1 is 1.62 bits per heavy atom. The molecule has 0 radical (unpaired) electrons. The first-order valence-corrected chi connectivity index (χ1v) is 5.18. The maximum atomic E-state index is 13.2. The highest BCUT2D eigenvalue weighted by molar-refractivity contribution is 7.98. The standard InChI is InChI=1S/C10H12FNS/c1-3-6-12-8-4-5-10(13-2)9(11)7-8/h3-5,7,12H,1,6H2,2H3. The molecule has 13 heavy (non-hydrogen) atoms. The minimum atomic E-state index is -0.179. The predicted molar refractivity (Wildman–Crippen MR) is 56.9 cm³/mol. The maximum Gasteiger partial charge on any atom is 0.138 e. The molecule has 0 heterocycles. The van der Waals surface area contributed by atoms with E-state index in [0.717, 1.165) is 5.69 Å². The van der Waals surface area contributed by atoms with Crippen LogP contribution in [0.4, 0.5) is 10.1 Å². The summed E-state index contributed by atoms with van der Waals surface area (Å²) in [6.45, 7) is 4.22. The van der Waals surface area contributed by atoms with Gasteiger partial charge < -0.3 is 5.32 Å². The monoisotopic (exact) mass is 197 g/mol. The van der Waals surface area contributed by atoms with Crippen LogP contribution in [-0.4, -0.2) is 12.8 Å². The lowest BCUT2D eigenvalue weighted by Gasteiger charge is -2.05. The average Bonchev–Trinajstić information content (AvgIpc) is 2.15. The van der Waals surface area contributed by atoms with Crippen molar-refractivity contribution in [2.45, 2.75) is 4.90 Å². The Morgan fingerprint density at radius 3 is 2.92 bits per heavy atom. The summed E-state index contributed by atoms with van der Waals surface area (Å²) in [7, 11) is 0. The van der Waals surface area contributed by atoms with E-state index >= 15 is 0 Å². The van der Waals surface area contributed by atoms with Gasteiger partial charge >= 0.3 is 0 Å². The molecule has 0 amide bonds. The van der Waals surface area contributed by atoms with Crippen LogP contribution in [0.2, 0.25) is 0 Å². The number of thioether (sulfide) groups is 1. The molecule has 0 saturated heterocycles. The average molecular weight is 197 g/mol. The van der Waals surface area contributed by atoms with Crippen molar-refractivity contribution < 1.29 is 4.39 Å². The maximum absolute atomic E-state index is 13.2. The molecule has 70 valence electrons. The van der Waals surface area contributed by atoms with Crippen molar-refractivity contribution in [3.8, 4) is 0 Å². The lowest BCUT2D eigenvalue weighted by atomic mass is 10.3. The summed E-state index contributed by atoms with van der Waals surface area (Å²) >= 11 is 1.41. The third-order valence-electron chi connectivity index (χ3n) is 1.60. The Kier molecular flexibility index (Phi) is 3.83. The zero-order chi connectivity index (χ0) is 9.68. The molecule has 1 aromatic carbocycles. The molecule has 0 saturated carbocycles. The fourth-order valence-corrected chi connectivity index (χ4v) is 1.42. The number of anilines is 1. The van der Waals surface area contributed by atoms with Crippen LogP contribution in [0.25, 0.3) is 0 Å². The molecule has 0 unspecified atom stereocenters. The second-order valence-electron chi connectivity index (χ2n) is 2.52. The summed E-state index contributed by atoms with van der Waals surface area (Å²) in [5, 5.41) is 3.02. The number of nitrogens with one attached hydrogen (secondary N) is 1. The van der Waals surface area contributed by atoms with Crippen LogP contribution >= 0.6 is 11.8 Å². The van der Waals surface area contributed by atoms with E-state index in [2.05, 4.69) is 11.9 Å². The Morgan fingerprint density at radius 2 is 2.38 bits per heavy atom. The minimum absolute atomic E-state index is 0.179. The van der Waals surface area contributed by atoms with Gasteiger partial charge in [0, 0.05) is 17.1 Å². The molecule has 0 atom stereocenters. The fourth-order valence-electron chi connectivity index (χ4n) is 0.966. The second kappa shape index (κ2) is 4.92. The van der Waals surface area contributed by atoms with Gasteiger partial charge in [0.05, 0.1) is 0 Å². The molecule has 0 spiro atoms. The first-order valence-electron chi connectivity index (χ1n) is 3.96. The topological polar surface area (TPSA) is 12.0 Å². The van der Waals surface area contributed by atoms with Gasteiger partial charge in [0.1, 0.15) is 5.82 Å². The molecular weight excluding hydrogens is 185 g/mol. The lowest BCUT2D eigenvalue weighted by Crippen LogP contribution is -1.97. The van der Waals surface area contributed by atoms with Gasteiger partial charge in [-0.05, 0) is 24.5 Å². The highest BCUT2D eigenvalue weighted by Crippen LogP contribution is 2.21. The van der Waals surface area contributed by atoms with Gasteiger partial charge in [-0.15, -0.1) is 18.3 Å². The van der Waals surface area contributed by atoms with Crippen LogP contribution in [0, 0.1) is 5.82 Å². The quantitative estimate of drug-likeness (QED) is 0.588. The largest absolute Gasteiger partial charge is 0.381 e. The summed E-state index contributed by atoms with van der Waals surface area (Å²) in [5.74, 6) is -0.179. The Balaban J connectivity index is 2.76. The van der Waals surface area contributed by atoms with E-state index in [-0.39, 0.29) is 5.82 Å². The van der Waals surface area contributed by atoms with Crippen LogP contribution in [0.5, 0.6) is 0 Å². The number of hydrogen-bond acceptors (Lipinski definition) is 2. The van der Waals surface area contributed by atoms with Crippen molar-refractivity contribution >= 4 is 17.4 Å². The van der Waals surface area contributed by atoms with Crippen LogP contribution in [0.1, 0.15) is 0 Å². The molecule has 1 rings (SSSR count). The van der Waals surface area contributed by atoms with Crippen LogP contribution in [0.15, 0.2) is 35.7 Å². The highest BCUT2D eigenvalue weighted by atomic mass is 32.2. The second-order valence-corrected chi connectivity index (χ2v) is 3.37. The smallest absolute Gasteiger partial charge is 0.138 e. The van der Waals surface area contributed by atoms with Gasteiger partial charge in [0.15, 0.2) is 0 Å². The summed E-state index contributed by atoms with van der Waals surface area (Å²) < 4.78 is 13.2. The predicted octanol–water partition coefficient (Wildman–Crippen LogP) is 3.15. The van der Waals surface area contributed by atoms with Gasteiger partial charge in [-0.25, -0.2) is 4.39 Å². The molecular formula is C10H12FNS. The number of benzene rings is 1. The number of halogens is 1. The molecule has 0 aromatic heterocycles. The number of rotatable bonds is 4. The summed E-state index contributed by atoms with van der Waals surface area (Å²) in [5.41, 5.74) is 0.787. The summed E-state index contributed by atoms with van der Waals surface area (Å²) in [4.78, 5) is 0.671. The molecule has 0 fully saturated rings. The zero-order valence-corrected chi connectivity index (χ0v) is 8.33. The molecule has 1 aromatic rings. The van der Waals surface area contributed by atoms with Crippen molar-refractivity contribution in [1.29, 1.82) is 0 Å². The zero-order valence-electron chi connectivity index (χ0n) is 7.51. The molecule has 0 aliphatic carbocycles. The molecule has 3 heteroatoms. The van der Waals surface area contributed by atoms with Crippen molar-refractivity contribution in [1.82, 2.24) is 0 Å². The van der Waals surface area contributed by atoms with Crippen LogP contribution in [-0.2, 0) is 0 Å².